The van der Waals surface area contributed by atoms with E-state index in [0.29, 0.717) is 12.8 Å². The summed E-state index contributed by atoms with van der Waals surface area (Å²) >= 11 is 0. The van der Waals surface area contributed by atoms with Crippen molar-refractivity contribution in [1.82, 2.24) is 0 Å². The monoisotopic (exact) mass is 851 g/mol. The number of aliphatic hydroxyl groups is 3. The maximum absolute atomic E-state index is 12.8. The highest BCUT2D eigenvalue weighted by atomic mass is 32.2. The lowest BCUT2D eigenvalue weighted by atomic mass is 10.00. The second-order valence-corrected chi connectivity index (χ2v) is 18.3. The van der Waals surface area contributed by atoms with E-state index in [4.69, 9.17) is 18.9 Å². The Kier molecular flexibility index (Phi) is 34.2. The van der Waals surface area contributed by atoms with E-state index >= 15 is 0 Å². The average molecular weight is 851 g/mol. The summed E-state index contributed by atoms with van der Waals surface area (Å²) in [6.07, 6.45) is 27.2. The molecular weight excluding hydrogens is 765 g/mol. The lowest BCUT2D eigenvalue weighted by Gasteiger charge is -2.40. The number of aliphatic hydroxyl groups excluding tert-OH is 3. The normalized spacial score (nSPS) is 20.3. The van der Waals surface area contributed by atoms with Crippen LogP contribution in [0.1, 0.15) is 219 Å². The Bertz CT molecular complexity index is 1090. The van der Waals surface area contributed by atoms with Crippen molar-refractivity contribution in [2.24, 2.45) is 0 Å². The summed E-state index contributed by atoms with van der Waals surface area (Å²) in [5, 5.41) is 30.9. The molecule has 6 atom stereocenters. The molecule has 1 heterocycles. The maximum Gasteiger partial charge on any atom is 0.306 e. The fraction of sp³-hybridized carbons (Fsp3) is 0.956. The predicted molar refractivity (Wildman–Crippen MR) is 229 cm³/mol. The van der Waals surface area contributed by atoms with Gasteiger partial charge in [0, 0.05) is 12.8 Å². The molecule has 0 aromatic heterocycles. The van der Waals surface area contributed by atoms with Crippen LogP contribution in [0.2, 0.25) is 0 Å². The number of hydrogen-bond donors (Lipinski definition) is 4. The molecule has 0 amide bonds. The fourth-order valence-electron chi connectivity index (χ4n) is 7.50. The van der Waals surface area contributed by atoms with E-state index in [2.05, 4.69) is 13.8 Å². The van der Waals surface area contributed by atoms with Gasteiger partial charge in [-0.1, -0.05) is 194 Å². The van der Waals surface area contributed by atoms with Crippen molar-refractivity contribution in [3.05, 3.63) is 0 Å². The molecule has 0 aromatic carbocycles. The van der Waals surface area contributed by atoms with E-state index in [9.17, 15) is 37.9 Å². The molecule has 12 nitrogen and oxygen atoms in total. The second kappa shape index (κ2) is 36.3. The van der Waals surface area contributed by atoms with Crippen LogP contribution in [0, 0.1) is 0 Å². The van der Waals surface area contributed by atoms with E-state index in [1.807, 2.05) is 0 Å². The van der Waals surface area contributed by atoms with Crippen LogP contribution in [0.3, 0.4) is 0 Å². The summed E-state index contributed by atoms with van der Waals surface area (Å²) in [4.78, 5) is 25.4. The van der Waals surface area contributed by atoms with Gasteiger partial charge >= 0.3 is 11.9 Å². The van der Waals surface area contributed by atoms with E-state index in [1.165, 1.54) is 141 Å². The third-order valence-electron chi connectivity index (χ3n) is 11.2. The van der Waals surface area contributed by atoms with Gasteiger partial charge in [-0.2, -0.15) is 8.42 Å². The van der Waals surface area contributed by atoms with E-state index < -0.39 is 71.2 Å². The first-order chi connectivity index (χ1) is 28.0. The van der Waals surface area contributed by atoms with E-state index in [-0.39, 0.29) is 19.4 Å². The van der Waals surface area contributed by atoms with Crippen LogP contribution >= 0.6 is 0 Å². The standard InChI is InChI=1S/C45H86O12S/c1-3-5-7-9-11-13-15-17-18-19-20-22-24-26-28-30-32-34-41(47)56-38(36-55-45-44(50)43(49)42(48)39(57-45)37-58(51,52)53)35-54-40(46)33-31-29-27-25-23-21-16-14-12-10-8-6-4-2/h38-39,42-45,48-50H,3-37H2,1-2H3,(H,51,52,53). The highest BCUT2D eigenvalue weighted by Crippen LogP contribution is 2.24. The third kappa shape index (κ3) is 30.6. The minimum Gasteiger partial charge on any atom is -0.462 e. The number of carbonyl (C=O) groups excluding carboxylic acids is 2. The first kappa shape index (κ1) is 54.7. The topological polar surface area (TPSA) is 186 Å². The van der Waals surface area contributed by atoms with Gasteiger partial charge in [0.2, 0.25) is 0 Å². The quantitative estimate of drug-likeness (QED) is 0.0260. The number of esters is 2. The van der Waals surface area contributed by atoms with Gasteiger partial charge in [0.15, 0.2) is 12.4 Å². The first-order valence-electron chi connectivity index (χ1n) is 23.6. The number of carbonyl (C=O) groups is 2. The minimum atomic E-state index is -4.60. The van der Waals surface area contributed by atoms with Crippen LogP contribution in [0.25, 0.3) is 0 Å². The summed E-state index contributed by atoms with van der Waals surface area (Å²) in [5.41, 5.74) is 0. The third-order valence-corrected chi connectivity index (χ3v) is 11.9. The Morgan fingerprint density at radius 1 is 0.517 bits per heavy atom. The zero-order chi connectivity index (χ0) is 42.7. The minimum absolute atomic E-state index is 0.173. The molecule has 6 unspecified atom stereocenters. The van der Waals surface area contributed by atoms with Gasteiger partial charge < -0.3 is 34.3 Å². The van der Waals surface area contributed by atoms with Crippen molar-refractivity contribution in [1.29, 1.82) is 0 Å². The summed E-state index contributed by atoms with van der Waals surface area (Å²) < 4.78 is 54.1. The number of hydrogen-bond acceptors (Lipinski definition) is 11. The molecule has 0 spiro atoms. The Hall–Kier alpha value is -1.35. The smallest absolute Gasteiger partial charge is 0.306 e. The molecule has 0 radical (unpaired) electrons. The van der Waals surface area contributed by atoms with Gasteiger partial charge in [0.05, 0.1) is 6.61 Å². The molecule has 0 saturated carbocycles. The average Bonchev–Trinajstić information content (AvgIpc) is 3.18. The molecule has 0 aromatic rings. The van der Waals surface area contributed by atoms with Crippen LogP contribution in [-0.2, 0) is 38.7 Å². The molecule has 58 heavy (non-hydrogen) atoms. The molecule has 0 bridgehead atoms. The largest absolute Gasteiger partial charge is 0.462 e. The van der Waals surface area contributed by atoms with Gasteiger partial charge in [-0.05, 0) is 12.8 Å². The Labute approximate surface area is 353 Å². The number of rotatable bonds is 40. The molecule has 344 valence electrons. The van der Waals surface area contributed by atoms with Gasteiger partial charge in [0.1, 0.15) is 36.8 Å². The molecule has 1 saturated heterocycles. The molecule has 1 aliphatic rings. The lowest BCUT2D eigenvalue weighted by molar-refractivity contribution is -0.297. The van der Waals surface area contributed by atoms with Crippen molar-refractivity contribution >= 4 is 22.1 Å². The number of unbranched alkanes of at least 4 members (excludes halogenated alkanes) is 28. The summed E-state index contributed by atoms with van der Waals surface area (Å²) in [6, 6.07) is 0. The molecule has 1 aliphatic heterocycles. The van der Waals surface area contributed by atoms with Crippen molar-refractivity contribution in [2.75, 3.05) is 19.0 Å². The van der Waals surface area contributed by atoms with Gasteiger partial charge in [-0.15, -0.1) is 0 Å². The first-order valence-corrected chi connectivity index (χ1v) is 25.2. The Morgan fingerprint density at radius 3 is 1.26 bits per heavy atom. The van der Waals surface area contributed by atoms with Crippen LogP contribution in [0.15, 0.2) is 0 Å². The fourth-order valence-corrected chi connectivity index (χ4v) is 8.19. The second-order valence-electron chi connectivity index (χ2n) is 16.8. The number of ether oxygens (including phenoxy) is 4. The van der Waals surface area contributed by atoms with Crippen molar-refractivity contribution < 1.29 is 56.8 Å². The summed E-state index contributed by atoms with van der Waals surface area (Å²) in [5.74, 6) is -1.96. The van der Waals surface area contributed by atoms with Crippen LogP contribution in [0.5, 0.6) is 0 Å². The van der Waals surface area contributed by atoms with Crippen LogP contribution in [-0.4, -0.2) is 96.0 Å². The van der Waals surface area contributed by atoms with E-state index in [1.54, 1.807) is 0 Å². The SMILES string of the molecule is CCCCCCCCCCCCCCCCCCCC(=O)OC(COC(=O)CCCCCCCCCCCCCCC)COC1OC(CS(=O)(=O)O)C(O)C(O)C1O. The summed E-state index contributed by atoms with van der Waals surface area (Å²) in [7, 11) is -4.60. The molecule has 0 aliphatic carbocycles. The Balaban J connectivity index is 2.41. The van der Waals surface area contributed by atoms with Gasteiger partial charge in [-0.25, -0.2) is 0 Å². The Morgan fingerprint density at radius 2 is 0.879 bits per heavy atom. The van der Waals surface area contributed by atoms with Crippen molar-refractivity contribution in [2.45, 2.75) is 256 Å². The van der Waals surface area contributed by atoms with Crippen molar-refractivity contribution in [3.63, 3.8) is 0 Å². The predicted octanol–water partition coefficient (Wildman–Crippen LogP) is 9.68. The van der Waals surface area contributed by atoms with Crippen LogP contribution < -0.4 is 0 Å². The molecule has 13 heteroatoms. The van der Waals surface area contributed by atoms with Crippen LogP contribution in [0.4, 0.5) is 0 Å². The molecule has 1 rings (SSSR count). The molecule has 1 fully saturated rings. The van der Waals surface area contributed by atoms with Gasteiger partial charge in [0.25, 0.3) is 10.1 Å². The van der Waals surface area contributed by atoms with E-state index in [0.717, 1.165) is 38.5 Å². The van der Waals surface area contributed by atoms with Crippen molar-refractivity contribution in [3.8, 4) is 0 Å². The highest BCUT2D eigenvalue weighted by Gasteiger charge is 2.46. The molecular formula is C45H86O12S. The maximum atomic E-state index is 12.8. The highest BCUT2D eigenvalue weighted by molar-refractivity contribution is 7.85. The molecule has 4 N–H and O–H groups in total. The zero-order valence-corrected chi connectivity index (χ0v) is 37.5. The summed E-state index contributed by atoms with van der Waals surface area (Å²) in [6.45, 7) is 3.79. The van der Waals surface area contributed by atoms with Gasteiger partial charge in [-0.3, -0.25) is 14.1 Å². The lowest BCUT2D eigenvalue weighted by Crippen LogP contribution is -2.60. The zero-order valence-electron chi connectivity index (χ0n) is 36.7.